The first-order chi connectivity index (χ1) is 22.2. The number of nitrogens with one attached hydrogen (secondary N) is 1. The van der Waals surface area contributed by atoms with E-state index in [4.69, 9.17) is 25.4 Å². The molecule has 4 heterocycles. The average Bonchev–Trinajstić information content (AvgIpc) is 3.69. The number of esters is 3. The summed E-state index contributed by atoms with van der Waals surface area (Å²) in [5.41, 5.74) is -0.455. The molecule has 4 atom stereocenters. The minimum atomic E-state index is -1.77. The number of hydrogen-bond acceptors (Lipinski definition) is 12. The van der Waals surface area contributed by atoms with Gasteiger partial charge in [0.05, 0.1) is 26.0 Å². The summed E-state index contributed by atoms with van der Waals surface area (Å²) in [6.45, 7) is 7.69. The van der Waals surface area contributed by atoms with Crippen molar-refractivity contribution in [2.75, 3.05) is 18.5 Å². The summed E-state index contributed by atoms with van der Waals surface area (Å²) in [4.78, 5) is 61.4. The van der Waals surface area contributed by atoms with Gasteiger partial charge in [-0.2, -0.15) is 14.4 Å². The minimum absolute atomic E-state index is 0.00895. The van der Waals surface area contributed by atoms with Crippen LogP contribution in [0.5, 0.6) is 5.75 Å². The van der Waals surface area contributed by atoms with E-state index in [1.54, 1.807) is 19.9 Å². The number of aromatic nitrogens is 4. The van der Waals surface area contributed by atoms with Crippen molar-refractivity contribution >= 4 is 40.8 Å². The highest BCUT2D eigenvalue weighted by molar-refractivity contribution is 6.00. The molecule has 14 nitrogen and oxygen atoms in total. The standard InChI is InChI=1S/C32H34FN5O9/c1-7-32(14-39)26(47-23(42)12-31(5,6)24-17(3)10-16(2)11-21(24)45-18(4)40)19(13-44-32)38-15-34-25-27(36-30(33)37-28(25)38)35-29(43)20-8-9-22(41)46-20/h1,10-11,15,19-20,26,39H,8-9,12-14H2,2-6H3,(H,35,36,37,43)/t19?,20-,26+,32-/m1/s1. The van der Waals surface area contributed by atoms with Gasteiger partial charge in [-0.1, -0.05) is 25.8 Å². The Balaban J connectivity index is 1.45. The summed E-state index contributed by atoms with van der Waals surface area (Å²) in [6, 6.07) is 2.68. The third kappa shape index (κ3) is 6.51. The van der Waals surface area contributed by atoms with E-state index in [1.807, 2.05) is 19.9 Å². The summed E-state index contributed by atoms with van der Waals surface area (Å²) >= 11 is 0. The molecule has 2 saturated heterocycles. The van der Waals surface area contributed by atoms with Crippen LogP contribution in [0.15, 0.2) is 18.5 Å². The van der Waals surface area contributed by atoms with Crippen molar-refractivity contribution in [1.29, 1.82) is 0 Å². The van der Waals surface area contributed by atoms with Crippen LogP contribution < -0.4 is 10.1 Å². The summed E-state index contributed by atoms with van der Waals surface area (Å²) in [5.74, 6) is -0.00638. The van der Waals surface area contributed by atoms with Crippen LogP contribution in [0.25, 0.3) is 11.2 Å². The third-order valence-corrected chi connectivity index (χ3v) is 8.19. The smallest absolute Gasteiger partial charge is 0.312 e. The molecule has 0 saturated carbocycles. The number of terminal acetylenes is 1. The molecule has 2 aromatic heterocycles. The Morgan fingerprint density at radius 1 is 1.28 bits per heavy atom. The van der Waals surface area contributed by atoms with E-state index in [0.717, 1.165) is 11.1 Å². The maximum atomic E-state index is 14.7. The number of carbonyl (C=O) groups excluding carboxylic acids is 4. The molecule has 2 aliphatic rings. The van der Waals surface area contributed by atoms with E-state index in [-0.39, 0.29) is 42.9 Å². The first kappa shape index (κ1) is 33.4. The molecule has 2 aliphatic heterocycles. The van der Waals surface area contributed by atoms with Crippen molar-refractivity contribution in [3.05, 3.63) is 41.2 Å². The van der Waals surface area contributed by atoms with Crippen LogP contribution in [0.2, 0.25) is 0 Å². The fourth-order valence-corrected chi connectivity index (χ4v) is 6.21. The molecule has 1 unspecified atom stereocenters. The van der Waals surface area contributed by atoms with Crippen LogP contribution in [0.1, 0.15) is 62.8 Å². The van der Waals surface area contributed by atoms with Crippen LogP contribution in [0, 0.1) is 32.3 Å². The van der Waals surface area contributed by atoms with Gasteiger partial charge in [0.1, 0.15) is 11.8 Å². The number of carbonyl (C=O) groups is 4. The second-order valence-corrected chi connectivity index (χ2v) is 12.3. The molecule has 15 heteroatoms. The predicted octanol–water partition coefficient (Wildman–Crippen LogP) is 2.37. The number of anilines is 1. The van der Waals surface area contributed by atoms with E-state index in [1.165, 1.54) is 17.8 Å². The fraction of sp³-hybridized carbons (Fsp3) is 0.469. The molecule has 248 valence electrons. The van der Waals surface area contributed by atoms with Gasteiger partial charge in [0.25, 0.3) is 5.91 Å². The van der Waals surface area contributed by atoms with Gasteiger partial charge in [0, 0.05) is 30.7 Å². The molecule has 0 radical (unpaired) electrons. The second kappa shape index (κ2) is 12.7. The lowest BCUT2D eigenvalue weighted by Crippen LogP contribution is -2.47. The van der Waals surface area contributed by atoms with Gasteiger partial charge in [0.15, 0.2) is 34.8 Å². The number of fused-ring (bicyclic) bond motifs is 1. The van der Waals surface area contributed by atoms with Gasteiger partial charge < -0.3 is 33.9 Å². The number of aliphatic hydroxyl groups excluding tert-OH is 1. The van der Waals surface area contributed by atoms with E-state index in [2.05, 4.69) is 26.2 Å². The van der Waals surface area contributed by atoms with Gasteiger partial charge in [-0.05, 0) is 31.0 Å². The lowest BCUT2D eigenvalue weighted by atomic mass is 9.78. The normalized spacial score (nSPS) is 22.5. The van der Waals surface area contributed by atoms with Crippen molar-refractivity contribution in [2.24, 2.45) is 0 Å². The number of aliphatic hydroxyl groups is 1. The van der Waals surface area contributed by atoms with Crippen LogP contribution in [0.3, 0.4) is 0 Å². The molecule has 5 rings (SSSR count). The second-order valence-electron chi connectivity index (χ2n) is 12.3. The van der Waals surface area contributed by atoms with Crippen LogP contribution in [-0.2, 0) is 38.8 Å². The topological polar surface area (TPSA) is 181 Å². The fourth-order valence-electron chi connectivity index (χ4n) is 6.21. The SMILES string of the molecule is C#C[C@]1(CO)OCC(n2cnc3c(NC(=O)[C@H]4CCC(=O)O4)nc(F)nc32)[C@@H]1OC(=O)CC(C)(C)c1c(C)cc(C)cc1OC(C)=O. The largest absolute Gasteiger partial charge is 0.456 e. The van der Waals surface area contributed by atoms with Crippen LogP contribution in [-0.4, -0.2) is 79.5 Å². The third-order valence-electron chi connectivity index (χ3n) is 8.19. The Labute approximate surface area is 269 Å². The van der Waals surface area contributed by atoms with Crippen molar-refractivity contribution in [2.45, 2.75) is 83.1 Å². The molecule has 1 amide bonds. The minimum Gasteiger partial charge on any atom is -0.456 e. The zero-order valence-electron chi connectivity index (χ0n) is 26.5. The number of benzene rings is 1. The first-order valence-corrected chi connectivity index (χ1v) is 14.8. The van der Waals surface area contributed by atoms with Gasteiger partial charge in [-0.15, -0.1) is 6.42 Å². The van der Waals surface area contributed by atoms with E-state index in [9.17, 15) is 28.7 Å². The van der Waals surface area contributed by atoms with Gasteiger partial charge in [-0.3, -0.25) is 19.2 Å². The number of ether oxygens (including phenoxy) is 4. The van der Waals surface area contributed by atoms with Crippen LogP contribution >= 0.6 is 0 Å². The number of imidazole rings is 1. The zero-order chi connectivity index (χ0) is 34.3. The van der Waals surface area contributed by atoms with Crippen molar-refractivity contribution in [3.8, 4) is 18.1 Å². The quantitative estimate of drug-likeness (QED) is 0.149. The molecule has 2 fully saturated rings. The number of aryl methyl sites for hydroxylation is 2. The number of nitrogens with zero attached hydrogens (tertiary/aromatic N) is 4. The average molecular weight is 652 g/mol. The molecule has 1 aromatic carbocycles. The molecule has 0 spiro atoms. The maximum absolute atomic E-state index is 14.7. The lowest BCUT2D eigenvalue weighted by Gasteiger charge is -2.32. The Bertz CT molecular complexity index is 1820. The molecule has 2 N–H and O–H groups in total. The van der Waals surface area contributed by atoms with Crippen molar-refractivity contribution in [1.82, 2.24) is 19.5 Å². The van der Waals surface area contributed by atoms with Gasteiger partial charge >= 0.3 is 24.0 Å². The van der Waals surface area contributed by atoms with Crippen LogP contribution in [0.4, 0.5) is 10.2 Å². The highest BCUT2D eigenvalue weighted by Crippen LogP contribution is 2.41. The Morgan fingerprint density at radius 2 is 2.02 bits per heavy atom. The molecule has 0 bridgehead atoms. The number of cyclic esters (lactones) is 1. The van der Waals surface area contributed by atoms with Gasteiger partial charge in [-0.25, -0.2) is 4.98 Å². The molecule has 47 heavy (non-hydrogen) atoms. The van der Waals surface area contributed by atoms with Crippen molar-refractivity contribution < 1.29 is 47.6 Å². The monoisotopic (exact) mass is 651 g/mol. The lowest BCUT2D eigenvalue weighted by molar-refractivity contribution is -0.159. The number of rotatable bonds is 9. The Hall–Kier alpha value is -4.94. The molecule has 3 aromatic rings. The van der Waals surface area contributed by atoms with Gasteiger partial charge in [0.2, 0.25) is 0 Å². The van der Waals surface area contributed by atoms with E-state index >= 15 is 0 Å². The zero-order valence-corrected chi connectivity index (χ0v) is 26.5. The first-order valence-electron chi connectivity index (χ1n) is 14.8. The Kier molecular flexibility index (Phi) is 9.02. The molecular weight excluding hydrogens is 617 g/mol. The predicted molar refractivity (Wildman–Crippen MR) is 161 cm³/mol. The van der Waals surface area contributed by atoms with Crippen molar-refractivity contribution in [3.63, 3.8) is 0 Å². The number of halogens is 1. The van der Waals surface area contributed by atoms with E-state index < -0.39 is 65.8 Å². The highest BCUT2D eigenvalue weighted by atomic mass is 19.1. The molecule has 0 aliphatic carbocycles. The number of hydrogen-bond donors (Lipinski definition) is 2. The number of amides is 1. The van der Waals surface area contributed by atoms with E-state index in [0.29, 0.717) is 11.3 Å². The summed E-state index contributed by atoms with van der Waals surface area (Å²) in [5, 5.41) is 12.8. The summed E-state index contributed by atoms with van der Waals surface area (Å²) in [6.07, 6.45) is 3.54. The Morgan fingerprint density at radius 3 is 2.66 bits per heavy atom. The molecular formula is C32H34FN5O9. The highest BCUT2D eigenvalue weighted by Gasteiger charge is 2.53. The summed E-state index contributed by atoms with van der Waals surface area (Å²) < 4.78 is 38.3. The summed E-state index contributed by atoms with van der Waals surface area (Å²) in [7, 11) is 0. The maximum Gasteiger partial charge on any atom is 0.312 e.